The summed E-state index contributed by atoms with van der Waals surface area (Å²) in [5.74, 6) is -6.10. The van der Waals surface area contributed by atoms with Crippen molar-refractivity contribution in [1.29, 1.82) is 0 Å². The highest BCUT2D eigenvalue weighted by molar-refractivity contribution is 6.00. The van der Waals surface area contributed by atoms with Gasteiger partial charge in [-0.15, -0.1) is 0 Å². The highest BCUT2D eigenvalue weighted by atomic mass is 19.3. The van der Waals surface area contributed by atoms with Crippen LogP contribution >= 0.6 is 0 Å². The first kappa shape index (κ1) is 22.0. The zero-order chi connectivity index (χ0) is 23.4. The Bertz CT molecular complexity index is 1080. The van der Waals surface area contributed by atoms with Crippen LogP contribution in [0.3, 0.4) is 0 Å². The first-order valence-electron chi connectivity index (χ1n) is 11.3. The number of carbonyl (C=O) groups excluding carboxylic acids is 1. The molecule has 2 aliphatic heterocycles. The molecule has 2 aromatic rings. The standard InChI is InChI=1S/C24H26F4N4O/c1-15-12-23(25,26)7-6-18(15)22(33)32-13-16-3-2-9-29-21(16)30-19-5-4-17(11-20(19)32)31-10-8-24(27,28)14-31/h2-5,9,11,15,18H,6-8,10,12-14H2,1H3,(H,29,30)/t15-,18-/m0/s1. The van der Waals surface area contributed by atoms with Gasteiger partial charge in [-0.3, -0.25) is 4.79 Å². The molecule has 1 saturated carbocycles. The fourth-order valence-corrected chi connectivity index (χ4v) is 5.19. The van der Waals surface area contributed by atoms with Gasteiger partial charge in [0.05, 0.1) is 24.5 Å². The van der Waals surface area contributed by atoms with Crippen LogP contribution in [-0.4, -0.2) is 35.8 Å². The molecule has 1 amide bonds. The second-order valence-corrected chi connectivity index (χ2v) is 9.47. The third-order valence-corrected chi connectivity index (χ3v) is 6.99. The van der Waals surface area contributed by atoms with E-state index in [9.17, 15) is 22.4 Å². The smallest absolute Gasteiger partial charge is 0.266 e. The Kier molecular flexibility index (Phi) is 5.25. The van der Waals surface area contributed by atoms with Gasteiger partial charge in [0, 0.05) is 49.2 Å². The minimum Gasteiger partial charge on any atom is -0.365 e. The summed E-state index contributed by atoms with van der Waals surface area (Å²) in [5.41, 5.74) is 2.58. The number of hydrogen-bond acceptors (Lipinski definition) is 4. The third kappa shape index (κ3) is 4.25. The maximum absolute atomic E-state index is 13.9. The number of nitrogens with one attached hydrogen (secondary N) is 1. The predicted molar refractivity (Wildman–Crippen MR) is 118 cm³/mol. The zero-order valence-electron chi connectivity index (χ0n) is 18.3. The monoisotopic (exact) mass is 462 g/mol. The third-order valence-electron chi connectivity index (χ3n) is 6.99. The molecule has 33 heavy (non-hydrogen) atoms. The number of fused-ring (bicyclic) bond motifs is 2. The van der Waals surface area contributed by atoms with Crippen molar-refractivity contribution < 1.29 is 22.4 Å². The van der Waals surface area contributed by atoms with Gasteiger partial charge in [0.1, 0.15) is 5.82 Å². The van der Waals surface area contributed by atoms with Gasteiger partial charge in [0.15, 0.2) is 0 Å². The van der Waals surface area contributed by atoms with E-state index in [4.69, 9.17) is 0 Å². The first-order valence-corrected chi connectivity index (χ1v) is 11.3. The molecule has 1 saturated heterocycles. The average molecular weight is 462 g/mol. The molecule has 176 valence electrons. The molecule has 9 heteroatoms. The van der Waals surface area contributed by atoms with Crippen molar-refractivity contribution in [3.05, 3.63) is 42.1 Å². The molecule has 5 nitrogen and oxygen atoms in total. The Morgan fingerprint density at radius 3 is 2.70 bits per heavy atom. The van der Waals surface area contributed by atoms with Gasteiger partial charge >= 0.3 is 0 Å². The van der Waals surface area contributed by atoms with E-state index in [1.54, 1.807) is 47.2 Å². The van der Waals surface area contributed by atoms with Gasteiger partial charge in [0.25, 0.3) is 5.92 Å². The van der Waals surface area contributed by atoms with Crippen LogP contribution in [0.5, 0.6) is 0 Å². The highest BCUT2D eigenvalue weighted by Gasteiger charge is 2.44. The van der Waals surface area contributed by atoms with Crippen LogP contribution in [0.2, 0.25) is 0 Å². The lowest BCUT2D eigenvalue weighted by Crippen LogP contribution is -2.42. The van der Waals surface area contributed by atoms with E-state index in [1.807, 2.05) is 6.07 Å². The number of pyridine rings is 1. The number of rotatable bonds is 2. The molecular weight excluding hydrogens is 436 g/mol. The Hall–Kier alpha value is -2.84. The second-order valence-electron chi connectivity index (χ2n) is 9.47. The number of anilines is 4. The maximum atomic E-state index is 13.9. The summed E-state index contributed by atoms with van der Waals surface area (Å²) >= 11 is 0. The Labute approximate surface area is 189 Å². The molecule has 0 spiro atoms. The van der Waals surface area contributed by atoms with Crippen molar-refractivity contribution in [1.82, 2.24) is 4.98 Å². The number of nitrogens with zero attached hydrogens (tertiary/aromatic N) is 3. The van der Waals surface area contributed by atoms with Crippen molar-refractivity contribution in [3.63, 3.8) is 0 Å². The number of benzene rings is 1. The van der Waals surface area contributed by atoms with E-state index >= 15 is 0 Å². The molecule has 0 unspecified atom stereocenters. The SMILES string of the molecule is C[C@H]1CC(F)(F)CC[C@@H]1C(=O)N1Cc2cccnc2Nc2ccc(N3CCC(F)(F)C3)cc21. The molecule has 1 aromatic heterocycles. The van der Waals surface area contributed by atoms with Crippen LogP contribution in [-0.2, 0) is 11.3 Å². The molecule has 3 heterocycles. The lowest BCUT2D eigenvalue weighted by atomic mass is 9.77. The van der Waals surface area contributed by atoms with Gasteiger partial charge in [-0.05, 0) is 36.6 Å². The average Bonchev–Trinajstić information content (AvgIpc) is 3.03. The molecule has 3 aliphatic rings. The lowest BCUT2D eigenvalue weighted by molar-refractivity contribution is -0.130. The number of alkyl halides is 4. The number of halogens is 4. The molecule has 1 aromatic carbocycles. The number of carbonyl (C=O) groups is 1. The molecule has 1 aliphatic carbocycles. The van der Waals surface area contributed by atoms with Crippen LogP contribution in [0.25, 0.3) is 0 Å². The molecule has 2 fully saturated rings. The number of amides is 1. The number of aromatic nitrogens is 1. The van der Waals surface area contributed by atoms with Gasteiger partial charge in [-0.1, -0.05) is 13.0 Å². The predicted octanol–water partition coefficient (Wildman–Crippen LogP) is 5.59. The van der Waals surface area contributed by atoms with Crippen molar-refractivity contribution in [2.75, 3.05) is 28.2 Å². The van der Waals surface area contributed by atoms with Crippen molar-refractivity contribution in [2.45, 2.75) is 51.0 Å². The summed E-state index contributed by atoms with van der Waals surface area (Å²) in [6, 6.07) is 8.91. The minimum absolute atomic E-state index is 0.115. The summed E-state index contributed by atoms with van der Waals surface area (Å²) in [4.78, 5) is 21.3. The van der Waals surface area contributed by atoms with Crippen LogP contribution in [0, 0.1) is 11.8 Å². The first-order chi connectivity index (χ1) is 15.6. The fourth-order valence-electron chi connectivity index (χ4n) is 5.19. The van der Waals surface area contributed by atoms with Gasteiger partial charge in [0.2, 0.25) is 11.8 Å². The summed E-state index contributed by atoms with van der Waals surface area (Å²) in [5, 5.41) is 3.26. The molecule has 0 bridgehead atoms. The summed E-state index contributed by atoms with van der Waals surface area (Å²) < 4.78 is 55.5. The zero-order valence-corrected chi connectivity index (χ0v) is 18.3. The van der Waals surface area contributed by atoms with Crippen molar-refractivity contribution >= 4 is 28.8 Å². The van der Waals surface area contributed by atoms with E-state index in [0.29, 0.717) is 22.9 Å². The topological polar surface area (TPSA) is 48.5 Å². The van der Waals surface area contributed by atoms with E-state index in [-0.39, 0.29) is 51.2 Å². The number of hydrogen-bond donors (Lipinski definition) is 1. The van der Waals surface area contributed by atoms with Gasteiger partial charge < -0.3 is 15.1 Å². The summed E-state index contributed by atoms with van der Waals surface area (Å²) in [7, 11) is 0. The van der Waals surface area contributed by atoms with Crippen LogP contribution in [0.4, 0.5) is 40.4 Å². The molecule has 1 N–H and O–H groups in total. The second kappa shape index (κ2) is 7.88. The summed E-state index contributed by atoms with van der Waals surface area (Å²) in [6.45, 7) is 1.78. The van der Waals surface area contributed by atoms with Crippen LogP contribution in [0.1, 0.15) is 38.2 Å². The normalized spacial score (nSPS) is 25.6. The van der Waals surface area contributed by atoms with Gasteiger partial charge in [-0.25, -0.2) is 22.5 Å². The minimum atomic E-state index is -2.75. The van der Waals surface area contributed by atoms with E-state index in [0.717, 1.165) is 5.56 Å². The Balaban J connectivity index is 1.52. The summed E-state index contributed by atoms with van der Waals surface area (Å²) in [6.07, 6.45) is 0.921. The Morgan fingerprint density at radius 1 is 1.15 bits per heavy atom. The molecule has 0 radical (unpaired) electrons. The fraction of sp³-hybridized carbons (Fsp3) is 0.500. The largest absolute Gasteiger partial charge is 0.365 e. The van der Waals surface area contributed by atoms with E-state index in [2.05, 4.69) is 10.3 Å². The molecule has 2 atom stereocenters. The van der Waals surface area contributed by atoms with Gasteiger partial charge in [-0.2, -0.15) is 0 Å². The van der Waals surface area contributed by atoms with E-state index < -0.39 is 23.7 Å². The van der Waals surface area contributed by atoms with Crippen molar-refractivity contribution in [2.24, 2.45) is 11.8 Å². The van der Waals surface area contributed by atoms with Crippen LogP contribution in [0.15, 0.2) is 36.5 Å². The Morgan fingerprint density at radius 2 is 1.97 bits per heavy atom. The lowest BCUT2D eigenvalue weighted by Gasteiger charge is -2.36. The maximum Gasteiger partial charge on any atom is 0.266 e. The molecular formula is C24H26F4N4O. The highest BCUT2D eigenvalue weighted by Crippen LogP contribution is 2.44. The quantitative estimate of drug-likeness (QED) is 0.592. The van der Waals surface area contributed by atoms with Crippen molar-refractivity contribution in [3.8, 4) is 0 Å². The van der Waals surface area contributed by atoms with E-state index in [1.165, 1.54) is 0 Å². The van der Waals surface area contributed by atoms with Crippen LogP contribution < -0.4 is 15.1 Å². The molecule has 5 rings (SSSR count).